The molecule has 16 nitrogen and oxygen atoms in total. The molecule has 1 aromatic heterocycles. The molecule has 266 valence electrons. The standard InChI is InChI=1S/C33H36N4O12S/c1-17(38)45-16-25-27(46-18(2)39)28(47-19(3)40)29(48-20(4)41)30(49-25)35-33-34-21(14-22-8-7-13-50-22)15-26(42)36(33)11-12-37-31(43)23-9-5-6-10-24(23)32(37)44/h5-10,13,21,25,27-30H,11-12,14-16H2,1-4H3,(H,34,35)/t21-,25-,27-,28+,29-,30-/m1/s1. The van der Waals surface area contributed by atoms with Crippen molar-refractivity contribution in [2.24, 2.45) is 4.99 Å². The normalized spacial score (nSPS) is 25.5. The molecule has 0 saturated carbocycles. The Morgan fingerprint density at radius 1 is 0.820 bits per heavy atom. The monoisotopic (exact) mass is 712 g/mol. The zero-order valence-corrected chi connectivity index (χ0v) is 28.5. The summed E-state index contributed by atoms with van der Waals surface area (Å²) in [6.45, 7) is 3.68. The summed E-state index contributed by atoms with van der Waals surface area (Å²) in [5.74, 6) is -4.52. The summed E-state index contributed by atoms with van der Waals surface area (Å²) in [6, 6.07) is 9.76. The third kappa shape index (κ3) is 8.34. The first-order chi connectivity index (χ1) is 23.8. The first kappa shape index (κ1) is 36.1. The summed E-state index contributed by atoms with van der Waals surface area (Å²) in [5, 5.41) is 5.15. The maximum Gasteiger partial charge on any atom is 0.303 e. The van der Waals surface area contributed by atoms with Gasteiger partial charge in [-0.25, -0.2) is 4.99 Å². The van der Waals surface area contributed by atoms with Gasteiger partial charge in [-0.2, -0.15) is 0 Å². The van der Waals surface area contributed by atoms with Crippen LogP contribution in [0.2, 0.25) is 0 Å². The van der Waals surface area contributed by atoms with Crippen molar-refractivity contribution in [2.75, 3.05) is 19.7 Å². The van der Waals surface area contributed by atoms with Crippen LogP contribution in [0.25, 0.3) is 0 Å². The lowest BCUT2D eigenvalue weighted by atomic mass is 9.97. The second-order valence-electron chi connectivity index (χ2n) is 11.7. The lowest BCUT2D eigenvalue weighted by molar-refractivity contribution is -0.251. The number of ether oxygens (including phenoxy) is 5. The van der Waals surface area contributed by atoms with Crippen molar-refractivity contribution in [3.63, 3.8) is 0 Å². The summed E-state index contributed by atoms with van der Waals surface area (Å²) < 4.78 is 27.8. The molecule has 0 aliphatic carbocycles. The number of esters is 4. The van der Waals surface area contributed by atoms with Gasteiger partial charge in [-0.3, -0.25) is 43.4 Å². The van der Waals surface area contributed by atoms with Gasteiger partial charge in [0.1, 0.15) is 12.7 Å². The van der Waals surface area contributed by atoms with Crippen LogP contribution >= 0.6 is 11.3 Å². The second kappa shape index (κ2) is 15.6. The van der Waals surface area contributed by atoms with Gasteiger partial charge in [0, 0.05) is 64.5 Å². The molecule has 3 aliphatic heterocycles. The van der Waals surface area contributed by atoms with Crippen molar-refractivity contribution in [1.82, 2.24) is 15.1 Å². The molecule has 0 radical (unpaired) electrons. The van der Waals surface area contributed by atoms with E-state index >= 15 is 0 Å². The number of amides is 3. The summed E-state index contributed by atoms with van der Waals surface area (Å²) in [7, 11) is 0. The zero-order chi connectivity index (χ0) is 36.1. The Kier molecular flexibility index (Phi) is 11.3. The predicted molar refractivity (Wildman–Crippen MR) is 172 cm³/mol. The van der Waals surface area contributed by atoms with Crippen molar-refractivity contribution in [2.45, 2.75) is 77.2 Å². The lowest BCUT2D eigenvalue weighted by Crippen LogP contribution is -2.63. The van der Waals surface area contributed by atoms with E-state index < -0.39 is 79.0 Å². The molecule has 4 heterocycles. The maximum absolute atomic E-state index is 13.8. The number of nitrogens with one attached hydrogen (secondary N) is 1. The minimum atomic E-state index is -1.51. The number of carbonyl (C=O) groups is 7. The Morgan fingerprint density at radius 2 is 1.42 bits per heavy atom. The molecule has 0 bridgehead atoms. The number of rotatable bonds is 11. The van der Waals surface area contributed by atoms with Crippen molar-refractivity contribution < 1.29 is 57.2 Å². The number of fused-ring (bicyclic) bond motifs is 1. The molecule has 3 amide bonds. The highest BCUT2D eigenvalue weighted by Crippen LogP contribution is 2.31. The Bertz CT molecular complexity index is 1660. The number of imide groups is 1. The number of aliphatic imine (C=N–C) groups is 1. The zero-order valence-electron chi connectivity index (χ0n) is 27.7. The molecule has 2 saturated heterocycles. The van der Waals surface area contributed by atoms with E-state index in [-0.39, 0.29) is 42.5 Å². The van der Waals surface area contributed by atoms with Gasteiger partial charge in [-0.1, -0.05) is 18.2 Å². The molecule has 50 heavy (non-hydrogen) atoms. The highest BCUT2D eigenvalue weighted by Gasteiger charge is 2.53. The highest BCUT2D eigenvalue weighted by atomic mass is 32.1. The van der Waals surface area contributed by atoms with Crippen LogP contribution in [-0.2, 0) is 54.1 Å². The minimum Gasteiger partial charge on any atom is -0.463 e. The van der Waals surface area contributed by atoms with Crippen LogP contribution in [0.1, 0.15) is 59.7 Å². The molecule has 3 aliphatic rings. The van der Waals surface area contributed by atoms with Crippen molar-refractivity contribution >= 4 is 58.9 Å². The molecule has 2 fully saturated rings. The van der Waals surface area contributed by atoms with Crippen LogP contribution < -0.4 is 5.32 Å². The number of hydrogen-bond acceptors (Lipinski definition) is 14. The highest BCUT2D eigenvalue weighted by molar-refractivity contribution is 7.09. The van der Waals surface area contributed by atoms with Gasteiger partial charge in [0.15, 0.2) is 24.5 Å². The van der Waals surface area contributed by atoms with Gasteiger partial charge in [0.2, 0.25) is 11.9 Å². The topological polar surface area (TPSA) is 197 Å². The van der Waals surface area contributed by atoms with Crippen molar-refractivity contribution in [3.05, 3.63) is 57.8 Å². The van der Waals surface area contributed by atoms with Gasteiger partial charge in [0.05, 0.1) is 11.1 Å². The Morgan fingerprint density at radius 3 is 2.00 bits per heavy atom. The molecule has 0 spiro atoms. The van der Waals surface area contributed by atoms with Crippen LogP contribution in [0.3, 0.4) is 0 Å². The van der Waals surface area contributed by atoms with E-state index in [0.717, 1.165) is 37.5 Å². The van der Waals surface area contributed by atoms with Crippen LogP contribution in [0, 0.1) is 0 Å². The molecule has 0 unspecified atom stereocenters. The average Bonchev–Trinajstić information content (AvgIpc) is 3.64. The van der Waals surface area contributed by atoms with E-state index in [0.29, 0.717) is 6.42 Å². The average molecular weight is 713 g/mol. The lowest BCUT2D eigenvalue weighted by Gasteiger charge is -2.44. The number of carbonyl (C=O) groups excluding carboxylic acids is 7. The summed E-state index contributed by atoms with van der Waals surface area (Å²) in [5.41, 5.74) is 0.506. The number of guanidine groups is 1. The number of hydrogen-bond donors (Lipinski definition) is 1. The summed E-state index contributed by atoms with van der Waals surface area (Å²) in [6.07, 6.45) is -6.65. The summed E-state index contributed by atoms with van der Waals surface area (Å²) in [4.78, 5) is 96.4. The van der Waals surface area contributed by atoms with Gasteiger partial charge in [-0.05, 0) is 23.6 Å². The van der Waals surface area contributed by atoms with E-state index in [4.69, 9.17) is 23.7 Å². The first-order valence-electron chi connectivity index (χ1n) is 15.7. The molecular formula is C33H36N4O12S. The van der Waals surface area contributed by atoms with Crippen LogP contribution in [-0.4, -0.2) is 114 Å². The third-order valence-corrected chi connectivity index (χ3v) is 8.88. The van der Waals surface area contributed by atoms with E-state index in [1.165, 1.54) is 16.2 Å². The fourth-order valence-corrected chi connectivity index (χ4v) is 6.74. The molecule has 2 aromatic rings. The number of nitrogens with zero attached hydrogens (tertiary/aromatic N) is 3. The molecule has 1 aromatic carbocycles. The Labute approximate surface area is 290 Å². The maximum atomic E-state index is 13.8. The van der Waals surface area contributed by atoms with E-state index in [1.807, 2.05) is 17.5 Å². The number of thiophene rings is 1. The fourth-order valence-electron chi connectivity index (χ4n) is 5.96. The summed E-state index contributed by atoms with van der Waals surface area (Å²) >= 11 is 1.50. The van der Waals surface area contributed by atoms with Crippen LogP contribution in [0.4, 0.5) is 0 Å². The van der Waals surface area contributed by atoms with E-state index in [9.17, 15) is 33.6 Å². The third-order valence-electron chi connectivity index (χ3n) is 7.98. The van der Waals surface area contributed by atoms with Gasteiger partial charge in [0.25, 0.3) is 11.8 Å². The quantitative estimate of drug-likeness (QED) is 0.199. The van der Waals surface area contributed by atoms with Crippen LogP contribution in [0.15, 0.2) is 46.8 Å². The van der Waals surface area contributed by atoms with Crippen LogP contribution in [0.5, 0.6) is 0 Å². The van der Waals surface area contributed by atoms with Gasteiger partial charge < -0.3 is 29.0 Å². The first-order valence-corrected chi connectivity index (χ1v) is 16.6. The van der Waals surface area contributed by atoms with E-state index in [2.05, 4.69) is 10.3 Å². The largest absolute Gasteiger partial charge is 0.463 e. The molecular weight excluding hydrogens is 676 g/mol. The molecule has 1 N–H and O–H groups in total. The minimum absolute atomic E-state index is 0.0393. The van der Waals surface area contributed by atoms with Crippen molar-refractivity contribution in [1.29, 1.82) is 0 Å². The number of benzene rings is 1. The van der Waals surface area contributed by atoms with Gasteiger partial charge in [-0.15, -0.1) is 11.3 Å². The Balaban J connectivity index is 1.51. The smallest absolute Gasteiger partial charge is 0.303 e. The second-order valence-corrected chi connectivity index (χ2v) is 12.8. The van der Waals surface area contributed by atoms with Gasteiger partial charge >= 0.3 is 23.9 Å². The molecule has 6 atom stereocenters. The fraction of sp³-hybridized carbons (Fsp3) is 0.455. The molecule has 5 rings (SSSR count). The van der Waals surface area contributed by atoms with E-state index in [1.54, 1.807) is 24.3 Å². The van der Waals surface area contributed by atoms with Crippen molar-refractivity contribution in [3.8, 4) is 0 Å². The Hall–Kier alpha value is -5.16. The SMILES string of the molecule is CC(=O)OC[C@H]1O[C@@H](/N=C2\N[C@H](Cc3cccs3)CC(=O)N2CCN2C(=O)c3ccccc3C2=O)[C@H](OC(C)=O)[C@@H](OC(C)=O)[C@@H]1OC(C)=O. The predicted octanol–water partition coefficient (Wildman–Crippen LogP) is 1.22. The molecule has 17 heteroatoms.